The largest absolute Gasteiger partial charge is 0.370 e. The summed E-state index contributed by atoms with van der Waals surface area (Å²) in [6.45, 7) is 1.29. The van der Waals surface area contributed by atoms with Gasteiger partial charge in [-0.15, -0.1) is 0 Å². The number of carbonyl (C=O) groups is 1. The number of para-hydroxylation sites is 1. The first-order chi connectivity index (χ1) is 12.6. The highest BCUT2D eigenvalue weighted by molar-refractivity contribution is 6.09. The predicted octanol–water partition coefficient (Wildman–Crippen LogP) is 2.28. The lowest BCUT2D eigenvalue weighted by Crippen LogP contribution is -2.25. The summed E-state index contributed by atoms with van der Waals surface area (Å²) in [4.78, 5) is 23.9. The summed E-state index contributed by atoms with van der Waals surface area (Å²) in [6, 6.07) is 9.87. The van der Waals surface area contributed by atoms with E-state index in [1.165, 1.54) is 0 Å². The Bertz CT molecular complexity index is 926. The fraction of sp³-hybridized carbons (Fsp3) is 0.316. The number of nitrogens with zero attached hydrogens (tertiary/aromatic N) is 2. The molecule has 0 aliphatic heterocycles. The normalized spacial score (nSPS) is 10.9. The lowest BCUT2D eigenvalue weighted by Gasteiger charge is -2.05. The van der Waals surface area contributed by atoms with Gasteiger partial charge in [-0.3, -0.25) is 9.79 Å². The quantitative estimate of drug-likeness (QED) is 0.282. The molecule has 0 bridgehead atoms. The van der Waals surface area contributed by atoms with Crippen molar-refractivity contribution in [3.63, 3.8) is 0 Å². The summed E-state index contributed by atoms with van der Waals surface area (Å²) in [5.41, 5.74) is 13.0. The number of amides is 1. The van der Waals surface area contributed by atoms with Crippen molar-refractivity contribution in [2.24, 2.45) is 16.5 Å². The smallest absolute Gasteiger partial charge is 0.269 e. The number of rotatable bonds is 8. The van der Waals surface area contributed by atoms with Crippen LogP contribution in [-0.2, 0) is 0 Å². The number of aliphatic imine (C=N–C) groups is 1. The van der Waals surface area contributed by atoms with E-state index in [9.17, 15) is 4.79 Å². The van der Waals surface area contributed by atoms with Gasteiger partial charge in [0.05, 0.1) is 11.7 Å². The average Bonchev–Trinajstić information content (AvgIpc) is 3.01. The first-order valence-electron chi connectivity index (χ1n) is 8.85. The molecule has 0 fully saturated rings. The van der Waals surface area contributed by atoms with E-state index < -0.39 is 0 Å². The molecule has 1 aromatic carbocycles. The van der Waals surface area contributed by atoms with Crippen LogP contribution >= 0.6 is 0 Å². The highest BCUT2D eigenvalue weighted by Gasteiger charge is 2.10. The molecule has 136 valence electrons. The molecule has 0 atom stereocenters. The molecule has 0 radical (unpaired) electrons. The highest BCUT2D eigenvalue weighted by atomic mass is 16.1. The van der Waals surface area contributed by atoms with Crippen LogP contribution in [-0.4, -0.2) is 34.9 Å². The van der Waals surface area contributed by atoms with Crippen LogP contribution in [0.5, 0.6) is 0 Å². The van der Waals surface area contributed by atoms with Gasteiger partial charge in [0.15, 0.2) is 5.96 Å². The molecule has 26 heavy (non-hydrogen) atoms. The number of aromatic amines is 1. The zero-order valence-corrected chi connectivity index (χ0v) is 14.7. The SMILES string of the molecule is NC(N)=NCCCCCCNC(=O)c1cc2c(cn1)[nH]c1ccccc12. The van der Waals surface area contributed by atoms with Gasteiger partial charge in [-0.1, -0.05) is 31.0 Å². The van der Waals surface area contributed by atoms with E-state index in [2.05, 4.69) is 20.3 Å². The van der Waals surface area contributed by atoms with E-state index in [1.807, 2.05) is 30.3 Å². The third kappa shape index (κ3) is 4.30. The number of unbranched alkanes of at least 4 members (excludes halogenated alkanes) is 3. The van der Waals surface area contributed by atoms with E-state index in [-0.39, 0.29) is 11.9 Å². The van der Waals surface area contributed by atoms with Crippen LogP contribution in [0.25, 0.3) is 21.8 Å². The number of aromatic nitrogens is 2. The van der Waals surface area contributed by atoms with E-state index in [4.69, 9.17) is 11.5 Å². The number of fused-ring (bicyclic) bond motifs is 3. The minimum absolute atomic E-state index is 0.136. The molecule has 7 heteroatoms. The minimum atomic E-state index is -0.141. The Labute approximate surface area is 151 Å². The number of benzene rings is 1. The van der Waals surface area contributed by atoms with Crippen LogP contribution in [0.2, 0.25) is 0 Å². The molecular weight excluding hydrogens is 328 g/mol. The third-order valence-corrected chi connectivity index (χ3v) is 4.29. The molecule has 7 nitrogen and oxygen atoms in total. The molecule has 2 heterocycles. The molecule has 0 spiro atoms. The zero-order chi connectivity index (χ0) is 18.4. The first-order valence-corrected chi connectivity index (χ1v) is 8.85. The van der Waals surface area contributed by atoms with Crippen LogP contribution in [0.1, 0.15) is 36.2 Å². The van der Waals surface area contributed by atoms with Gasteiger partial charge in [-0.25, -0.2) is 4.98 Å². The zero-order valence-electron chi connectivity index (χ0n) is 14.7. The molecule has 0 aliphatic rings. The molecule has 0 saturated carbocycles. The summed E-state index contributed by atoms with van der Waals surface area (Å²) in [6.07, 6.45) is 5.64. The molecule has 3 rings (SSSR count). The maximum Gasteiger partial charge on any atom is 0.269 e. The number of pyridine rings is 1. The summed E-state index contributed by atoms with van der Waals surface area (Å²) < 4.78 is 0. The topological polar surface area (TPSA) is 122 Å². The Morgan fingerprint density at radius 2 is 1.88 bits per heavy atom. The number of hydrogen-bond acceptors (Lipinski definition) is 3. The van der Waals surface area contributed by atoms with Crippen molar-refractivity contribution in [2.45, 2.75) is 25.7 Å². The summed E-state index contributed by atoms with van der Waals surface area (Å²) in [5.74, 6) is -0.00498. The van der Waals surface area contributed by atoms with E-state index in [1.54, 1.807) is 6.20 Å². The Balaban J connectivity index is 1.50. The van der Waals surface area contributed by atoms with Gasteiger partial charge >= 0.3 is 0 Å². The molecule has 0 unspecified atom stereocenters. The standard InChI is InChI=1S/C19H24N6O/c20-19(21)23-10-6-2-1-5-9-22-18(26)16-11-14-13-7-3-4-8-15(13)25-17(14)12-24-16/h3-4,7-8,11-12,25H,1-2,5-6,9-10H2,(H,22,26)(H4,20,21,23). The van der Waals surface area contributed by atoms with Crippen LogP contribution in [0.4, 0.5) is 0 Å². The van der Waals surface area contributed by atoms with Gasteiger partial charge in [0.1, 0.15) is 5.69 Å². The number of carbonyl (C=O) groups excluding carboxylic acids is 1. The van der Waals surface area contributed by atoms with Gasteiger partial charge < -0.3 is 21.8 Å². The number of H-pyrrole nitrogens is 1. The van der Waals surface area contributed by atoms with E-state index in [0.29, 0.717) is 18.8 Å². The number of hydrogen-bond donors (Lipinski definition) is 4. The van der Waals surface area contributed by atoms with Gasteiger partial charge in [0.25, 0.3) is 5.91 Å². The maximum atomic E-state index is 12.3. The lowest BCUT2D eigenvalue weighted by molar-refractivity contribution is 0.0948. The second-order valence-electron chi connectivity index (χ2n) is 6.26. The van der Waals surface area contributed by atoms with Gasteiger partial charge in [0.2, 0.25) is 0 Å². The first kappa shape index (κ1) is 17.7. The molecule has 1 amide bonds. The average molecular weight is 352 g/mol. The number of nitrogens with one attached hydrogen (secondary N) is 2. The van der Waals surface area contributed by atoms with Crippen molar-refractivity contribution in [3.05, 3.63) is 42.2 Å². The second kappa shape index (κ2) is 8.33. The van der Waals surface area contributed by atoms with Crippen LogP contribution in [0.3, 0.4) is 0 Å². The maximum absolute atomic E-state index is 12.3. The summed E-state index contributed by atoms with van der Waals surface area (Å²) >= 11 is 0. The van der Waals surface area contributed by atoms with Crippen molar-refractivity contribution in [3.8, 4) is 0 Å². The van der Waals surface area contributed by atoms with Crippen molar-refractivity contribution in [1.29, 1.82) is 0 Å². The Kier molecular flexibility index (Phi) is 5.68. The molecule has 3 aromatic rings. The minimum Gasteiger partial charge on any atom is -0.370 e. The van der Waals surface area contributed by atoms with Gasteiger partial charge in [-0.2, -0.15) is 0 Å². The Morgan fingerprint density at radius 3 is 2.73 bits per heavy atom. The number of guanidine groups is 1. The molecule has 0 aliphatic carbocycles. The number of nitrogens with two attached hydrogens (primary N) is 2. The summed E-state index contributed by atoms with van der Waals surface area (Å²) in [5, 5.41) is 5.05. The van der Waals surface area contributed by atoms with Crippen molar-refractivity contribution < 1.29 is 4.79 Å². The van der Waals surface area contributed by atoms with Gasteiger partial charge in [-0.05, 0) is 25.0 Å². The molecule has 0 saturated heterocycles. The van der Waals surface area contributed by atoms with Crippen LogP contribution in [0.15, 0.2) is 41.5 Å². The summed E-state index contributed by atoms with van der Waals surface area (Å²) in [7, 11) is 0. The second-order valence-corrected chi connectivity index (χ2v) is 6.26. The van der Waals surface area contributed by atoms with Gasteiger partial charge in [0, 0.05) is 29.4 Å². The lowest BCUT2D eigenvalue weighted by atomic mass is 10.1. The van der Waals surface area contributed by atoms with E-state index in [0.717, 1.165) is 47.5 Å². The Hall–Kier alpha value is -3.09. The van der Waals surface area contributed by atoms with Crippen LogP contribution in [0, 0.1) is 0 Å². The molecule has 6 N–H and O–H groups in total. The fourth-order valence-electron chi connectivity index (χ4n) is 2.97. The molecular formula is C19H24N6O. The van der Waals surface area contributed by atoms with E-state index >= 15 is 0 Å². The predicted molar refractivity (Wildman–Crippen MR) is 105 cm³/mol. The Morgan fingerprint density at radius 1 is 1.08 bits per heavy atom. The fourth-order valence-corrected chi connectivity index (χ4v) is 2.97. The van der Waals surface area contributed by atoms with Crippen LogP contribution < -0.4 is 16.8 Å². The highest BCUT2D eigenvalue weighted by Crippen LogP contribution is 2.24. The molecule has 2 aromatic heterocycles. The monoisotopic (exact) mass is 352 g/mol. The van der Waals surface area contributed by atoms with Crippen molar-refractivity contribution in [2.75, 3.05) is 13.1 Å². The van der Waals surface area contributed by atoms with Crippen molar-refractivity contribution >= 4 is 33.7 Å². The third-order valence-electron chi connectivity index (χ3n) is 4.29. The van der Waals surface area contributed by atoms with Crippen molar-refractivity contribution in [1.82, 2.24) is 15.3 Å².